The summed E-state index contributed by atoms with van der Waals surface area (Å²) in [5.74, 6) is 1.58. The third-order valence-corrected chi connectivity index (χ3v) is 2.96. The number of aromatic nitrogens is 5. The molecule has 0 unspecified atom stereocenters. The van der Waals surface area contributed by atoms with E-state index in [0.717, 1.165) is 28.9 Å². The summed E-state index contributed by atoms with van der Waals surface area (Å²) in [6.45, 7) is 0.742. The number of anilines is 1. The van der Waals surface area contributed by atoms with Crippen LogP contribution < -0.4 is 5.32 Å². The lowest BCUT2D eigenvalue weighted by Crippen LogP contribution is -2.07. The highest BCUT2D eigenvalue weighted by atomic mass is 79.9. The molecule has 3 aromatic heterocycles. The van der Waals surface area contributed by atoms with E-state index >= 15 is 0 Å². The van der Waals surface area contributed by atoms with Gasteiger partial charge in [-0.1, -0.05) is 0 Å². The first-order valence-corrected chi connectivity index (χ1v) is 6.34. The van der Waals surface area contributed by atoms with Crippen molar-refractivity contribution in [2.45, 2.75) is 6.42 Å². The molecule has 3 aromatic rings. The van der Waals surface area contributed by atoms with Gasteiger partial charge in [0.05, 0.1) is 0 Å². The zero-order valence-corrected chi connectivity index (χ0v) is 11.1. The van der Waals surface area contributed by atoms with E-state index in [-0.39, 0.29) is 0 Å². The second kappa shape index (κ2) is 4.77. The van der Waals surface area contributed by atoms with Crippen molar-refractivity contribution < 1.29 is 0 Å². The number of fused-ring (bicyclic) bond motifs is 1. The molecule has 0 radical (unpaired) electrons. The van der Waals surface area contributed by atoms with Gasteiger partial charge in [-0.3, -0.25) is 0 Å². The van der Waals surface area contributed by atoms with E-state index in [0.29, 0.717) is 5.95 Å². The van der Waals surface area contributed by atoms with Crippen LogP contribution in [0.25, 0.3) is 5.65 Å². The van der Waals surface area contributed by atoms with Crippen LogP contribution in [0.5, 0.6) is 0 Å². The average molecular weight is 307 g/mol. The van der Waals surface area contributed by atoms with Gasteiger partial charge in [0.1, 0.15) is 5.82 Å². The normalized spacial score (nSPS) is 10.9. The number of hydrogen-bond acceptors (Lipinski definition) is 4. The van der Waals surface area contributed by atoms with E-state index < -0.39 is 0 Å². The summed E-state index contributed by atoms with van der Waals surface area (Å²) in [6, 6.07) is 3.85. The van der Waals surface area contributed by atoms with Gasteiger partial charge in [0.2, 0.25) is 5.95 Å². The standard InChI is InChI=1S/C11H11BrN6/c12-8-1-2-10-16-11(17-18(10)7-8)15-4-3-9-13-5-6-14-9/h1-2,5-7H,3-4H2,(H,13,14)(H,15,17). The Hall–Kier alpha value is -1.89. The number of imidazole rings is 1. The van der Waals surface area contributed by atoms with E-state index in [1.54, 1.807) is 10.7 Å². The Bertz CT molecular complexity index is 645. The number of aromatic amines is 1. The zero-order chi connectivity index (χ0) is 12.4. The van der Waals surface area contributed by atoms with Crippen molar-refractivity contribution >= 4 is 27.5 Å². The van der Waals surface area contributed by atoms with Gasteiger partial charge in [0.15, 0.2) is 5.65 Å². The Morgan fingerprint density at radius 3 is 3.17 bits per heavy atom. The SMILES string of the molecule is Brc1ccc2nc(NCCc3ncc[nH]3)nn2c1. The molecule has 92 valence electrons. The van der Waals surface area contributed by atoms with Crippen LogP contribution in [0.2, 0.25) is 0 Å². The predicted octanol–water partition coefficient (Wildman–Crippen LogP) is 1.87. The van der Waals surface area contributed by atoms with E-state index in [9.17, 15) is 0 Å². The van der Waals surface area contributed by atoms with Gasteiger partial charge in [-0.05, 0) is 28.1 Å². The van der Waals surface area contributed by atoms with Crippen LogP contribution in [0.1, 0.15) is 5.82 Å². The molecule has 0 aromatic carbocycles. The topological polar surface area (TPSA) is 70.9 Å². The summed E-state index contributed by atoms with van der Waals surface area (Å²) in [5, 5.41) is 7.50. The minimum Gasteiger partial charge on any atom is -0.352 e. The molecule has 3 rings (SSSR count). The molecular weight excluding hydrogens is 296 g/mol. The third kappa shape index (κ3) is 2.35. The smallest absolute Gasteiger partial charge is 0.243 e. The van der Waals surface area contributed by atoms with Crippen molar-refractivity contribution in [3.05, 3.63) is 41.0 Å². The van der Waals surface area contributed by atoms with Crippen molar-refractivity contribution in [2.75, 3.05) is 11.9 Å². The maximum absolute atomic E-state index is 4.36. The molecular formula is C11H11BrN6. The minimum atomic E-state index is 0.625. The first-order chi connectivity index (χ1) is 8.81. The first kappa shape index (κ1) is 11.2. The second-order valence-electron chi connectivity index (χ2n) is 3.80. The highest BCUT2D eigenvalue weighted by Gasteiger charge is 2.03. The number of nitrogens with one attached hydrogen (secondary N) is 2. The van der Waals surface area contributed by atoms with Gasteiger partial charge in [0, 0.05) is 36.0 Å². The Morgan fingerprint density at radius 1 is 1.39 bits per heavy atom. The van der Waals surface area contributed by atoms with Crippen LogP contribution in [0.3, 0.4) is 0 Å². The number of nitrogens with zero attached hydrogens (tertiary/aromatic N) is 4. The fourth-order valence-electron chi connectivity index (χ4n) is 1.66. The molecule has 0 atom stereocenters. The second-order valence-corrected chi connectivity index (χ2v) is 4.71. The summed E-state index contributed by atoms with van der Waals surface area (Å²) in [5.41, 5.74) is 0.818. The Kier molecular flexibility index (Phi) is 2.97. The number of hydrogen-bond donors (Lipinski definition) is 2. The van der Waals surface area contributed by atoms with Crippen molar-refractivity contribution in [2.24, 2.45) is 0 Å². The molecule has 0 saturated heterocycles. The van der Waals surface area contributed by atoms with Crippen LogP contribution in [0, 0.1) is 0 Å². The molecule has 0 aliphatic carbocycles. The van der Waals surface area contributed by atoms with Gasteiger partial charge in [-0.15, -0.1) is 5.10 Å². The Balaban J connectivity index is 1.67. The zero-order valence-electron chi connectivity index (χ0n) is 9.47. The molecule has 6 nitrogen and oxygen atoms in total. The molecule has 7 heteroatoms. The molecule has 0 amide bonds. The van der Waals surface area contributed by atoms with Gasteiger partial charge in [-0.2, -0.15) is 4.98 Å². The first-order valence-electron chi connectivity index (χ1n) is 5.55. The minimum absolute atomic E-state index is 0.625. The molecule has 0 saturated carbocycles. The summed E-state index contributed by atoms with van der Waals surface area (Å²) in [4.78, 5) is 11.6. The maximum Gasteiger partial charge on any atom is 0.243 e. The fourth-order valence-corrected chi connectivity index (χ4v) is 1.99. The third-order valence-electron chi connectivity index (χ3n) is 2.49. The van der Waals surface area contributed by atoms with Gasteiger partial charge in [-0.25, -0.2) is 9.50 Å². The van der Waals surface area contributed by atoms with Crippen molar-refractivity contribution in [1.29, 1.82) is 0 Å². The van der Waals surface area contributed by atoms with Crippen molar-refractivity contribution in [1.82, 2.24) is 24.6 Å². The maximum atomic E-state index is 4.36. The summed E-state index contributed by atoms with van der Waals surface area (Å²) in [6.07, 6.45) is 6.25. The molecule has 0 aliphatic heterocycles. The summed E-state index contributed by atoms with van der Waals surface area (Å²) in [7, 11) is 0. The largest absolute Gasteiger partial charge is 0.352 e. The molecule has 0 aliphatic rings. The van der Waals surface area contributed by atoms with Crippen LogP contribution in [-0.2, 0) is 6.42 Å². The molecule has 2 N–H and O–H groups in total. The molecule has 0 spiro atoms. The lowest BCUT2D eigenvalue weighted by Gasteiger charge is -1.98. The summed E-state index contributed by atoms with van der Waals surface area (Å²) < 4.78 is 2.71. The molecule has 0 bridgehead atoms. The average Bonchev–Trinajstić information content (AvgIpc) is 2.97. The highest BCUT2D eigenvalue weighted by molar-refractivity contribution is 9.10. The van der Waals surface area contributed by atoms with Crippen molar-refractivity contribution in [3.63, 3.8) is 0 Å². The van der Waals surface area contributed by atoms with Gasteiger partial charge < -0.3 is 10.3 Å². The van der Waals surface area contributed by atoms with E-state index in [4.69, 9.17) is 0 Å². The lowest BCUT2D eigenvalue weighted by atomic mass is 10.4. The quantitative estimate of drug-likeness (QED) is 0.772. The number of H-pyrrole nitrogens is 1. The Morgan fingerprint density at radius 2 is 2.33 bits per heavy atom. The number of pyridine rings is 1. The number of halogens is 1. The summed E-state index contributed by atoms with van der Waals surface area (Å²) >= 11 is 3.40. The Labute approximate surface area is 112 Å². The van der Waals surface area contributed by atoms with Crippen LogP contribution in [0.15, 0.2) is 35.2 Å². The predicted molar refractivity (Wildman–Crippen MR) is 71.5 cm³/mol. The van der Waals surface area contributed by atoms with E-state index in [2.05, 4.69) is 41.3 Å². The molecule has 18 heavy (non-hydrogen) atoms. The fraction of sp³-hybridized carbons (Fsp3) is 0.182. The van der Waals surface area contributed by atoms with Crippen LogP contribution >= 0.6 is 15.9 Å². The highest BCUT2D eigenvalue weighted by Crippen LogP contribution is 2.11. The molecule has 3 heterocycles. The lowest BCUT2D eigenvalue weighted by molar-refractivity contribution is 0.900. The molecule has 0 fully saturated rings. The van der Waals surface area contributed by atoms with Crippen LogP contribution in [0.4, 0.5) is 5.95 Å². The van der Waals surface area contributed by atoms with E-state index in [1.165, 1.54) is 0 Å². The van der Waals surface area contributed by atoms with Gasteiger partial charge in [0.25, 0.3) is 0 Å². The van der Waals surface area contributed by atoms with Crippen molar-refractivity contribution in [3.8, 4) is 0 Å². The van der Waals surface area contributed by atoms with Gasteiger partial charge >= 0.3 is 0 Å². The van der Waals surface area contributed by atoms with Crippen LogP contribution in [-0.4, -0.2) is 31.1 Å². The number of rotatable bonds is 4. The monoisotopic (exact) mass is 306 g/mol. The van der Waals surface area contributed by atoms with E-state index in [1.807, 2.05) is 24.5 Å².